The van der Waals surface area contributed by atoms with Crippen LogP contribution in [0.15, 0.2) is 18.2 Å². The first-order chi connectivity index (χ1) is 7.32. The summed E-state index contributed by atoms with van der Waals surface area (Å²) in [5.41, 5.74) is 6.01. The molecule has 0 unspecified atom stereocenters. The molecule has 0 bridgehead atoms. The van der Waals surface area contributed by atoms with E-state index in [1.807, 2.05) is 0 Å². The van der Waals surface area contributed by atoms with Gasteiger partial charge in [-0.1, -0.05) is 23.2 Å². The Morgan fingerprint density at radius 3 is 2.12 bits per heavy atom. The highest BCUT2D eigenvalue weighted by molar-refractivity contribution is 6.42. The number of Topliss-reactive ketones (excluding diaryl/α,β-unsaturated/α-hetero) is 1. The number of carboxylic acid groups (broad SMARTS) is 1. The number of ketones is 1. The van der Waals surface area contributed by atoms with Crippen LogP contribution in [0.1, 0.15) is 13.3 Å². The maximum absolute atomic E-state index is 9.87. The first-order valence-corrected chi connectivity index (χ1v) is 5.00. The summed E-state index contributed by atoms with van der Waals surface area (Å²) in [5, 5.41) is 8.89. The van der Waals surface area contributed by atoms with Crippen molar-refractivity contribution >= 4 is 40.6 Å². The molecule has 0 heterocycles. The van der Waals surface area contributed by atoms with Gasteiger partial charge < -0.3 is 10.8 Å². The van der Waals surface area contributed by atoms with Crippen molar-refractivity contribution in [2.45, 2.75) is 13.3 Å². The molecule has 3 N–H and O–H groups in total. The van der Waals surface area contributed by atoms with Gasteiger partial charge >= 0.3 is 5.97 Å². The minimum Gasteiger partial charge on any atom is -0.481 e. The quantitative estimate of drug-likeness (QED) is 0.635. The maximum atomic E-state index is 9.87. The van der Waals surface area contributed by atoms with E-state index >= 15 is 0 Å². The number of carbonyl (C=O) groups excluding carboxylic acids is 1. The Morgan fingerprint density at radius 1 is 1.31 bits per heavy atom. The van der Waals surface area contributed by atoms with Gasteiger partial charge in [0.1, 0.15) is 12.2 Å². The Bertz CT molecular complexity index is 382. The van der Waals surface area contributed by atoms with Crippen LogP contribution < -0.4 is 5.73 Å². The summed E-state index contributed by atoms with van der Waals surface area (Å²) < 4.78 is 0. The third-order valence-corrected chi connectivity index (χ3v) is 2.08. The van der Waals surface area contributed by atoms with Crippen molar-refractivity contribution in [3.05, 3.63) is 28.2 Å². The first kappa shape index (κ1) is 14.7. The highest BCUT2D eigenvalue weighted by Crippen LogP contribution is 2.23. The van der Waals surface area contributed by atoms with Crippen molar-refractivity contribution in [1.82, 2.24) is 0 Å². The van der Waals surface area contributed by atoms with Crippen LogP contribution in [0.3, 0.4) is 0 Å². The largest absolute Gasteiger partial charge is 0.481 e. The molecule has 4 nitrogen and oxygen atoms in total. The lowest BCUT2D eigenvalue weighted by molar-refractivity contribution is -0.139. The Balaban J connectivity index is 0.000000293. The van der Waals surface area contributed by atoms with Crippen molar-refractivity contribution < 1.29 is 14.7 Å². The molecule has 1 aromatic carbocycles. The summed E-state index contributed by atoms with van der Waals surface area (Å²) in [7, 11) is 0. The number of hydrogen-bond acceptors (Lipinski definition) is 3. The number of anilines is 1. The van der Waals surface area contributed by atoms with Crippen molar-refractivity contribution in [1.29, 1.82) is 0 Å². The van der Waals surface area contributed by atoms with Crippen LogP contribution in [0.25, 0.3) is 0 Å². The highest BCUT2D eigenvalue weighted by Gasteiger charge is 1.98. The molecule has 0 spiro atoms. The van der Waals surface area contributed by atoms with Gasteiger partial charge in [-0.05, 0) is 25.1 Å². The molecule has 0 amide bonds. The van der Waals surface area contributed by atoms with E-state index in [1.54, 1.807) is 18.2 Å². The molecule has 0 fully saturated rings. The second kappa shape index (κ2) is 7.09. The second-order valence-corrected chi connectivity index (χ2v) is 3.76. The van der Waals surface area contributed by atoms with Gasteiger partial charge in [0.05, 0.1) is 10.0 Å². The molecule has 0 saturated carbocycles. The lowest BCUT2D eigenvalue weighted by Gasteiger charge is -1.94. The minimum atomic E-state index is -1.06. The number of nitrogen functional groups attached to an aromatic ring is 1. The van der Waals surface area contributed by atoms with E-state index in [4.69, 9.17) is 34.0 Å². The first-order valence-electron chi connectivity index (χ1n) is 4.24. The monoisotopic (exact) mass is 263 g/mol. The fourth-order valence-electron chi connectivity index (χ4n) is 0.725. The number of hydrogen-bond donors (Lipinski definition) is 2. The van der Waals surface area contributed by atoms with Gasteiger partial charge in [-0.15, -0.1) is 0 Å². The Labute approximate surface area is 103 Å². The predicted molar refractivity (Wildman–Crippen MR) is 63.8 cm³/mol. The SMILES string of the molecule is CC(=O)CC(=O)O.Nc1ccc(Cl)c(Cl)c1. The molecule has 0 atom stereocenters. The third kappa shape index (κ3) is 7.09. The minimum absolute atomic E-state index is 0.312. The van der Waals surface area contributed by atoms with Crippen LogP contribution in [0, 0.1) is 0 Å². The normalized spacial score (nSPS) is 8.94. The molecule has 16 heavy (non-hydrogen) atoms. The van der Waals surface area contributed by atoms with E-state index in [2.05, 4.69) is 0 Å². The molecular formula is C10H11Cl2NO3. The van der Waals surface area contributed by atoms with Crippen molar-refractivity contribution in [3.8, 4) is 0 Å². The van der Waals surface area contributed by atoms with Gasteiger partial charge in [-0.25, -0.2) is 0 Å². The highest BCUT2D eigenvalue weighted by atomic mass is 35.5. The summed E-state index contributed by atoms with van der Waals surface area (Å²) >= 11 is 11.2. The maximum Gasteiger partial charge on any atom is 0.310 e. The molecule has 0 saturated heterocycles. The van der Waals surface area contributed by atoms with E-state index in [0.717, 1.165) is 0 Å². The fourth-order valence-corrected chi connectivity index (χ4v) is 1.03. The molecule has 0 aliphatic rings. The zero-order valence-electron chi connectivity index (χ0n) is 8.54. The number of halogens is 2. The summed E-state index contributed by atoms with van der Waals surface area (Å²) in [6.07, 6.45) is -0.361. The number of nitrogens with two attached hydrogens (primary N) is 1. The van der Waals surface area contributed by atoms with E-state index in [-0.39, 0.29) is 12.2 Å². The standard InChI is InChI=1S/C6H5Cl2N.C4H6O3/c7-5-2-1-4(9)3-6(5)8;1-3(5)2-4(6)7/h1-3H,9H2;2H2,1H3,(H,6,7). The predicted octanol–water partition coefficient (Wildman–Crippen LogP) is 2.63. The van der Waals surface area contributed by atoms with E-state index in [1.165, 1.54) is 6.92 Å². The van der Waals surface area contributed by atoms with Crippen LogP contribution in [-0.4, -0.2) is 16.9 Å². The van der Waals surface area contributed by atoms with Crippen molar-refractivity contribution in [3.63, 3.8) is 0 Å². The van der Waals surface area contributed by atoms with Crippen LogP contribution in [-0.2, 0) is 9.59 Å². The average molecular weight is 264 g/mol. The third-order valence-electron chi connectivity index (χ3n) is 1.34. The van der Waals surface area contributed by atoms with E-state index in [9.17, 15) is 9.59 Å². The number of benzene rings is 1. The summed E-state index contributed by atoms with van der Waals surface area (Å²) in [6, 6.07) is 4.98. The van der Waals surface area contributed by atoms with Gasteiger partial charge in [0.25, 0.3) is 0 Å². The Morgan fingerprint density at radius 2 is 1.88 bits per heavy atom. The zero-order chi connectivity index (χ0) is 12.7. The molecule has 0 aliphatic heterocycles. The lowest BCUT2D eigenvalue weighted by atomic mass is 10.3. The number of carboxylic acids is 1. The van der Waals surface area contributed by atoms with Gasteiger partial charge in [0, 0.05) is 5.69 Å². The molecule has 0 radical (unpaired) electrons. The molecule has 1 aromatic rings. The Hall–Kier alpha value is -1.26. The molecule has 0 aromatic heterocycles. The molecule has 1 rings (SSSR count). The zero-order valence-corrected chi connectivity index (χ0v) is 10.0. The summed E-state index contributed by atoms with van der Waals surface area (Å²) in [5.74, 6) is -1.37. The van der Waals surface area contributed by atoms with Gasteiger partial charge in [0.2, 0.25) is 0 Å². The molecule has 6 heteroatoms. The van der Waals surface area contributed by atoms with Crippen LogP contribution in [0.4, 0.5) is 5.69 Å². The topological polar surface area (TPSA) is 80.4 Å². The summed E-state index contributed by atoms with van der Waals surface area (Å²) in [6.45, 7) is 1.24. The van der Waals surface area contributed by atoms with Crippen LogP contribution >= 0.6 is 23.2 Å². The fraction of sp³-hybridized carbons (Fsp3) is 0.200. The van der Waals surface area contributed by atoms with Crippen molar-refractivity contribution in [2.24, 2.45) is 0 Å². The second-order valence-electron chi connectivity index (χ2n) is 2.95. The van der Waals surface area contributed by atoms with Gasteiger partial charge in [-0.2, -0.15) is 0 Å². The summed E-state index contributed by atoms with van der Waals surface area (Å²) in [4.78, 5) is 19.5. The number of carbonyl (C=O) groups is 2. The average Bonchev–Trinajstić information content (AvgIpc) is 2.10. The number of aliphatic carboxylic acids is 1. The number of rotatable bonds is 2. The molecular weight excluding hydrogens is 253 g/mol. The molecule has 0 aliphatic carbocycles. The Kier molecular flexibility index (Phi) is 6.53. The smallest absolute Gasteiger partial charge is 0.310 e. The van der Waals surface area contributed by atoms with Crippen molar-refractivity contribution in [2.75, 3.05) is 5.73 Å². The molecule has 88 valence electrons. The van der Waals surface area contributed by atoms with E-state index < -0.39 is 5.97 Å². The van der Waals surface area contributed by atoms with Gasteiger partial charge in [0.15, 0.2) is 0 Å². The van der Waals surface area contributed by atoms with Crippen LogP contribution in [0.2, 0.25) is 10.0 Å². The van der Waals surface area contributed by atoms with Gasteiger partial charge in [-0.3, -0.25) is 9.59 Å². The van der Waals surface area contributed by atoms with Crippen LogP contribution in [0.5, 0.6) is 0 Å². The van der Waals surface area contributed by atoms with E-state index in [0.29, 0.717) is 15.7 Å². The lowest BCUT2D eigenvalue weighted by Crippen LogP contribution is -2.00.